The zero-order chi connectivity index (χ0) is 22.5. The van der Waals surface area contributed by atoms with Crippen LogP contribution < -0.4 is 5.32 Å². The second-order valence-corrected chi connectivity index (χ2v) is 8.21. The van der Waals surface area contributed by atoms with E-state index < -0.39 is 0 Å². The number of nitrogens with one attached hydrogen (secondary N) is 1. The maximum atomic E-state index is 13.2. The molecule has 0 saturated carbocycles. The molecule has 1 aliphatic heterocycles. The second kappa shape index (κ2) is 9.90. The van der Waals surface area contributed by atoms with Crippen LogP contribution in [0.5, 0.6) is 0 Å². The van der Waals surface area contributed by atoms with Crippen LogP contribution in [0.4, 0.5) is 0 Å². The molecule has 33 heavy (non-hydrogen) atoms. The van der Waals surface area contributed by atoms with Gasteiger partial charge in [-0.2, -0.15) is 0 Å². The Morgan fingerprint density at radius 2 is 1.82 bits per heavy atom. The number of hydrogen-bond acceptors (Lipinski definition) is 5. The molecule has 1 N–H and O–H groups in total. The highest BCUT2D eigenvalue weighted by Gasteiger charge is 2.22. The third-order valence-electron chi connectivity index (χ3n) is 5.85. The van der Waals surface area contributed by atoms with Gasteiger partial charge in [0, 0.05) is 37.8 Å². The fraction of sp³-hybridized carbons (Fsp3) is 0.222. The van der Waals surface area contributed by atoms with E-state index in [-0.39, 0.29) is 12.0 Å². The monoisotopic (exact) mass is 438 g/mol. The highest BCUT2D eigenvalue weighted by atomic mass is 16.5. The minimum absolute atomic E-state index is 0.0465. The van der Waals surface area contributed by atoms with Gasteiger partial charge in [0.1, 0.15) is 0 Å². The summed E-state index contributed by atoms with van der Waals surface area (Å²) in [5, 5.41) is 3.91. The zero-order valence-electron chi connectivity index (χ0n) is 18.4. The highest BCUT2D eigenvalue weighted by molar-refractivity contribution is 6.07. The maximum Gasteiger partial charge on any atom is 0.252 e. The summed E-state index contributed by atoms with van der Waals surface area (Å²) in [5.74, 6) is -0.130. The van der Waals surface area contributed by atoms with Crippen LogP contribution in [0.25, 0.3) is 22.3 Å². The van der Waals surface area contributed by atoms with E-state index in [0.717, 1.165) is 36.2 Å². The number of benzene rings is 2. The standard InChI is InChI=1S/C27H26N4O2/c32-27(29-17-21-19-31(14-15-33-21)18-20-8-2-1-3-9-20)23-16-26(25-12-6-7-13-28-25)30-24-11-5-4-10-22(23)24/h1-13,16,21H,14-15,17-19H2,(H,29,32). The lowest BCUT2D eigenvalue weighted by molar-refractivity contribution is -0.0292. The Balaban J connectivity index is 1.30. The number of carbonyl (C=O) groups is 1. The molecule has 1 atom stereocenters. The average molecular weight is 439 g/mol. The zero-order valence-corrected chi connectivity index (χ0v) is 18.4. The lowest BCUT2D eigenvalue weighted by Crippen LogP contribution is -2.47. The molecule has 1 aliphatic rings. The number of amides is 1. The Hall–Kier alpha value is -3.61. The first-order chi connectivity index (χ1) is 16.3. The van der Waals surface area contributed by atoms with Gasteiger partial charge in [0.25, 0.3) is 5.91 Å². The summed E-state index contributed by atoms with van der Waals surface area (Å²) in [6, 6.07) is 25.6. The molecule has 2 aromatic carbocycles. The number of rotatable bonds is 6. The number of ether oxygens (including phenoxy) is 1. The molecule has 3 heterocycles. The molecule has 0 bridgehead atoms. The molecule has 166 valence electrons. The summed E-state index contributed by atoms with van der Waals surface area (Å²) in [6.45, 7) is 3.68. The molecule has 1 amide bonds. The van der Waals surface area contributed by atoms with E-state index in [0.29, 0.717) is 24.4 Å². The van der Waals surface area contributed by atoms with Gasteiger partial charge in [-0.1, -0.05) is 54.6 Å². The van der Waals surface area contributed by atoms with Gasteiger partial charge in [-0.15, -0.1) is 0 Å². The Morgan fingerprint density at radius 3 is 2.67 bits per heavy atom. The Bertz CT molecular complexity index is 1230. The minimum Gasteiger partial charge on any atom is -0.374 e. The summed E-state index contributed by atoms with van der Waals surface area (Å²) in [7, 11) is 0. The van der Waals surface area contributed by atoms with Crippen molar-refractivity contribution in [1.82, 2.24) is 20.2 Å². The van der Waals surface area contributed by atoms with Crippen LogP contribution in [0.1, 0.15) is 15.9 Å². The van der Waals surface area contributed by atoms with Crippen molar-refractivity contribution in [2.24, 2.45) is 0 Å². The molecule has 6 heteroatoms. The normalized spacial score (nSPS) is 16.5. The fourth-order valence-corrected chi connectivity index (χ4v) is 4.20. The average Bonchev–Trinajstić information content (AvgIpc) is 2.88. The Labute approximate surface area is 193 Å². The molecule has 0 aliphatic carbocycles. The predicted octanol–water partition coefficient (Wildman–Crippen LogP) is 3.93. The van der Waals surface area contributed by atoms with Gasteiger partial charge in [0.05, 0.1) is 35.2 Å². The lowest BCUT2D eigenvalue weighted by atomic mass is 10.1. The third kappa shape index (κ3) is 5.08. The van der Waals surface area contributed by atoms with Crippen molar-refractivity contribution in [3.05, 3.63) is 96.2 Å². The Kier molecular flexibility index (Phi) is 6.37. The molecule has 1 unspecified atom stereocenters. The smallest absolute Gasteiger partial charge is 0.252 e. The van der Waals surface area contributed by atoms with Crippen LogP contribution in [0, 0.1) is 0 Å². The van der Waals surface area contributed by atoms with E-state index in [1.807, 2.05) is 54.6 Å². The maximum absolute atomic E-state index is 13.2. The summed E-state index contributed by atoms with van der Waals surface area (Å²) in [6.07, 6.45) is 1.68. The molecule has 5 rings (SSSR count). The second-order valence-electron chi connectivity index (χ2n) is 8.21. The molecule has 1 saturated heterocycles. The summed E-state index contributed by atoms with van der Waals surface area (Å²) in [5.41, 5.74) is 4.08. The van der Waals surface area contributed by atoms with E-state index >= 15 is 0 Å². The number of morpholine rings is 1. The molecule has 0 spiro atoms. The number of para-hydroxylation sites is 1. The van der Waals surface area contributed by atoms with Crippen molar-refractivity contribution >= 4 is 16.8 Å². The number of hydrogen-bond donors (Lipinski definition) is 1. The molecule has 1 fully saturated rings. The summed E-state index contributed by atoms with van der Waals surface area (Å²) in [4.78, 5) is 24.7. The van der Waals surface area contributed by atoms with Gasteiger partial charge >= 0.3 is 0 Å². The van der Waals surface area contributed by atoms with Crippen molar-refractivity contribution in [3.8, 4) is 11.4 Å². The quantitative estimate of drug-likeness (QED) is 0.494. The van der Waals surface area contributed by atoms with Crippen LogP contribution in [0.3, 0.4) is 0 Å². The van der Waals surface area contributed by atoms with Gasteiger partial charge in [0.15, 0.2) is 0 Å². The highest BCUT2D eigenvalue weighted by Crippen LogP contribution is 2.23. The van der Waals surface area contributed by atoms with Crippen molar-refractivity contribution in [1.29, 1.82) is 0 Å². The summed E-state index contributed by atoms with van der Waals surface area (Å²) >= 11 is 0. The van der Waals surface area contributed by atoms with E-state index in [1.165, 1.54) is 5.56 Å². The van der Waals surface area contributed by atoms with Crippen LogP contribution >= 0.6 is 0 Å². The first-order valence-corrected chi connectivity index (χ1v) is 11.2. The molecule has 6 nitrogen and oxygen atoms in total. The van der Waals surface area contributed by atoms with Crippen molar-refractivity contribution in [3.63, 3.8) is 0 Å². The largest absolute Gasteiger partial charge is 0.374 e. The van der Waals surface area contributed by atoms with Gasteiger partial charge in [-0.05, 0) is 29.8 Å². The predicted molar refractivity (Wildman–Crippen MR) is 129 cm³/mol. The van der Waals surface area contributed by atoms with Gasteiger partial charge < -0.3 is 10.1 Å². The molecule has 0 radical (unpaired) electrons. The number of fused-ring (bicyclic) bond motifs is 1. The van der Waals surface area contributed by atoms with E-state index in [2.05, 4.69) is 39.5 Å². The summed E-state index contributed by atoms with van der Waals surface area (Å²) < 4.78 is 5.93. The molecular weight excluding hydrogens is 412 g/mol. The number of pyridine rings is 2. The first kappa shape index (κ1) is 21.2. The number of aromatic nitrogens is 2. The van der Waals surface area contributed by atoms with Crippen molar-refractivity contribution in [2.45, 2.75) is 12.6 Å². The Morgan fingerprint density at radius 1 is 1.00 bits per heavy atom. The molecular formula is C27H26N4O2. The minimum atomic E-state index is -0.130. The molecule has 2 aromatic heterocycles. The van der Waals surface area contributed by atoms with E-state index in [1.54, 1.807) is 6.20 Å². The third-order valence-corrected chi connectivity index (χ3v) is 5.85. The van der Waals surface area contributed by atoms with Crippen LogP contribution in [0.2, 0.25) is 0 Å². The van der Waals surface area contributed by atoms with Gasteiger partial charge in [-0.25, -0.2) is 4.98 Å². The van der Waals surface area contributed by atoms with Crippen molar-refractivity contribution in [2.75, 3.05) is 26.2 Å². The molecule has 4 aromatic rings. The van der Waals surface area contributed by atoms with E-state index in [9.17, 15) is 4.79 Å². The van der Waals surface area contributed by atoms with Gasteiger partial charge in [-0.3, -0.25) is 14.7 Å². The van der Waals surface area contributed by atoms with Crippen LogP contribution in [-0.2, 0) is 11.3 Å². The first-order valence-electron chi connectivity index (χ1n) is 11.2. The number of carbonyl (C=O) groups excluding carboxylic acids is 1. The fourth-order valence-electron chi connectivity index (χ4n) is 4.20. The van der Waals surface area contributed by atoms with E-state index in [4.69, 9.17) is 9.72 Å². The van der Waals surface area contributed by atoms with Crippen molar-refractivity contribution < 1.29 is 9.53 Å². The number of nitrogens with zero attached hydrogens (tertiary/aromatic N) is 3. The topological polar surface area (TPSA) is 67.4 Å². The SMILES string of the molecule is O=C(NCC1CN(Cc2ccccc2)CCO1)c1cc(-c2ccccn2)nc2ccccc12. The van der Waals surface area contributed by atoms with Crippen LogP contribution in [-0.4, -0.2) is 53.1 Å². The van der Waals surface area contributed by atoms with Crippen LogP contribution in [0.15, 0.2) is 85.1 Å². The lowest BCUT2D eigenvalue weighted by Gasteiger charge is -2.33. The van der Waals surface area contributed by atoms with Gasteiger partial charge in [0.2, 0.25) is 0 Å².